The molecule has 158 valence electrons. The SMILES string of the molecule is COc1cc(F)cc(C(=O)C2CC3CCCC(C2)N3C(=O)OCc2ccccc2)c1. The predicted octanol–water partition coefficient (Wildman–Crippen LogP) is 4.99. The second-order valence-electron chi connectivity index (χ2n) is 8.10. The maximum Gasteiger partial charge on any atom is 0.410 e. The van der Waals surface area contributed by atoms with E-state index in [1.165, 1.54) is 19.2 Å². The van der Waals surface area contributed by atoms with E-state index in [0.717, 1.165) is 24.8 Å². The predicted molar refractivity (Wildman–Crippen MR) is 110 cm³/mol. The summed E-state index contributed by atoms with van der Waals surface area (Å²) in [6, 6.07) is 13.7. The molecule has 0 saturated carbocycles. The molecule has 4 rings (SSSR count). The van der Waals surface area contributed by atoms with Crippen molar-refractivity contribution in [3.8, 4) is 5.75 Å². The molecule has 2 aliphatic heterocycles. The summed E-state index contributed by atoms with van der Waals surface area (Å²) in [7, 11) is 1.45. The maximum atomic E-state index is 13.9. The van der Waals surface area contributed by atoms with Crippen LogP contribution in [0.2, 0.25) is 0 Å². The average Bonchev–Trinajstić information content (AvgIpc) is 2.76. The lowest BCUT2D eigenvalue weighted by Gasteiger charge is -2.47. The number of ether oxygens (including phenoxy) is 2. The molecule has 2 bridgehead atoms. The first-order chi connectivity index (χ1) is 14.5. The summed E-state index contributed by atoms with van der Waals surface area (Å²) < 4.78 is 24.5. The number of fused-ring (bicyclic) bond motifs is 2. The number of rotatable bonds is 5. The molecule has 0 N–H and O–H groups in total. The van der Waals surface area contributed by atoms with Gasteiger partial charge in [0.25, 0.3) is 0 Å². The molecule has 0 radical (unpaired) electrons. The van der Waals surface area contributed by atoms with Gasteiger partial charge in [-0.15, -0.1) is 0 Å². The second-order valence-corrected chi connectivity index (χ2v) is 8.10. The van der Waals surface area contributed by atoms with E-state index in [1.54, 1.807) is 6.07 Å². The van der Waals surface area contributed by atoms with E-state index >= 15 is 0 Å². The summed E-state index contributed by atoms with van der Waals surface area (Å²) in [5.74, 6) is -0.465. The van der Waals surface area contributed by atoms with E-state index in [4.69, 9.17) is 9.47 Å². The lowest BCUT2D eigenvalue weighted by atomic mass is 9.76. The Morgan fingerprint density at radius 3 is 2.43 bits per heavy atom. The van der Waals surface area contributed by atoms with Crippen LogP contribution in [0.1, 0.15) is 48.0 Å². The van der Waals surface area contributed by atoms with Crippen molar-refractivity contribution in [3.63, 3.8) is 0 Å². The summed E-state index contributed by atoms with van der Waals surface area (Å²) in [5.41, 5.74) is 1.27. The van der Waals surface area contributed by atoms with Crippen LogP contribution in [0.5, 0.6) is 5.75 Å². The standard InChI is InChI=1S/C24H26FNO4/c1-29-22-13-17(10-19(25)14-22)23(27)18-11-20-8-5-9-21(12-18)26(20)24(28)30-15-16-6-3-2-4-7-16/h2-4,6-7,10,13-14,18,20-21H,5,8-9,11-12,15H2,1H3. The third kappa shape index (κ3) is 4.32. The highest BCUT2D eigenvalue weighted by Crippen LogP contribution is 2.39. The van der Waals surface area contributed by atoms with E-state index in [1.807, 2.05) is 35.2 Å². The highest BCUT2D eigenvalue weighted by atomic mass is 19.1. The molecule has 6 heteroatoms. The fourth-order valence-corrected chi connectivity index (χ4v) is 4.75. The molecule has 0 aliphatic carbocycles. The Hall–Kier alpha value is -2.89. The number of piperidine rings is 2. The summed E-state index contributed by atoms with van der Waals surface area (Å²) >= 11 is 0. The number of halogens is 1. The Morgan fingerprint density at radius 1 is 1.07 bits per heavy atom. The average molecular weight is 411 g/mol. The number of hydrogen-bond donors (Lipinski definition) is 0. The maximum absolute atomic E-state index is 13.9. The van der Waals surface area contributed by atoms with Crippen molar-refractivity contribution in [2.24, 2.45) is 5.92 Å². The number of Topliss-reactive ketones (excluding diaryl/α,β-unsaturated/α-hetero) is 1. The van der Waals surface area contributed by atoms with Crippen molar-refractivity contribution in [1.29, 1.82) is 0 Å². The van der Waals surface area contributed by atoms with Crippen LogP contribution >= 0.6 is 0 Å². The van der Waals surface area contributed by atoms with Crippen molar-refractivity contribution in [2.45, 2.75) is 50.8 Å². The Balaban J connectivity index is 1.45. The smallest absolute Gasteiger partial charge is 0.410 e. The van der Waals surface area contributed by atoms with Crippen LogP contribution in [-0.4, -0.2) is 36.0 Å². The van der Waals surface area contributed by atoms with Crippen LogP contribution in [-0.2, 0) is 11.3 Å². The minimum absolute atomic E-state index is 0.0230. The zero-order valence-corrected chi connectivity index (χ0v) is 17.1. The van der Waals surface area contributed by atoms with Crippen LogP contribution < -0.4 is 4.74 Å². The van der Waals surface area contributed by atoms with Gasteiger partial charge < -0.3 is 14.4 Å². The molecule has 30 heavy (non-hydrogen) atoms. The van der Waals surface area contributed by atoms with E-state index < -0.39 is 5.82 Å². The van der Waals surface area contributed by atoms with Crippen molar-refractivity contribution >= 4 is 11.9 Å². The lowest BCUT2D eigenvalue weighted by Crippen LogP contribution is -2.55. The fraction of sp³-hybridized carbons (Fsp3) is 0.417. The molecule has 5 nitrogen and oxygen atoms in total. The Bertz CT molecular complexity index is 903. The molecule has 2 aromatic rings. The Kier molecular flexibility index (Phi) is 6.02. The molecule has 2 unspecified atom stereocenters. The summed E-state index contributed by atoms with van der Waals surface area (Å²) in [4.78, 5) is 27.7. The van der Waals surface area contributed by atoms with Gasteiger partial charge in [0.15, 0.2) is 5.78 Å². The zero-order valence-electron chi connectivity index (χ0n) is 17.1. The summed E-state index contributed by atoms with van der Waals surface area (Å²) in [6.45, 7) is 0.237. The molecule has 2 heterocycles. The summed E-state index contributed by atoms with van der Waals surface area (Å²) in [6.07, 6.45) is 3.59. The Morgan fingerprint density at radius 2 is 1.77 bits per heavy atom. The molecule has 1 amide bonds. The largest absolute Gasteiger partial charge is 0.497 e. The highest BCUT2D eigenvalue weighted by Gasteiger charge is 2.43. The summed E-state index contributed by atoms with van der Waals surface area (Å²) in [5, 5.41) is 0. The van der Waals surface area contributed by atoms with Crippen molar-refractivity contribution in [3.05, 3.63) is 65.5 Å². The van der Waals surface area contributed by atoms with E-state index in [2.05, 4.69) is 0 Å². The van der Waals surface area contributed by atoms with Crippen LogP contribution in [0, 0.1) is 11.7 Å². The number of carbonyl (C=O) groups excluding carboxylic acids is 2. The van der Waals surface area contributed by atoms with Crippen LogP contribution in [0.4, 0.5) is 9.18 Å². The van der Waals surface area contributed by atoms with Gasteiger partial charge in [-0.2, -0.15) is 0 Å². The quantitative estimate of drug-likeness (QED) is 0.651. The number of methoxy groups -OCH3 is 1. The number of amides is 1. The Labute approximate surface area is 175 Å². The second kappa shape index (κ2) is 8.86. The van der Waals surface area contributed by atoms with Gasteiger partial charge in [0.2, 0.25) is 0 Å². The van der Waals surface area contributed by atoms with Gasteiger partial charge >= 0.3 is 6.09 Å². The normalized spacial score (nSPS) is 23.0. The zero-order chi connectivity index (χ0) is 21.1. The van der Waals surface area contributed by atoms with Gasteiger partial charge in [-0.05, 0) is 49.8 Å². The van der Waals surface area contributed by atoms with Crippen molar-refractivity contribution in [2.75, 3.05) is 7.11 Å². The van der Waals surface area contributed by atoms with Gasteiger partial charge in [0.1, 0.15) is 18.2 Å². The van der Waals surface area contributed by atoms with Crippen molar-refractivity contribution < 1.29 is 23.5 Å². The van der Waals surface area contributed by atoms with E-state index in [-0.39, 0.29) is 36.5 Å². The minimum atomic E-state index is -0.486. The highest BCUT2D eigenvalue weighted by molar-refractivity contribution is 5.98. The van der Waals surface area contributed by atoms with Gasteiger partial charge in [0.05, 0.1) is 7.11 Å². The van der Waals surface area contributed by atoms with Crippen LogP contribution in [0.15, 0.2) is 48.5 Å². The monoisotopic (exact) mass is 411 g/mol. The lowest BCUT2D eigenvalue weighted by molar-refractivity contribution is 0.00472. The first kappa shape index (κ1) is 20.4. The number of carbonyl (C=O) groups is 2. The molecule has 2 aromatic carbocycles. The van der Waals surface area contributed by atoms with Gasteiger partial charge in [-0.1, -0.05) is 30.3 Å². The van der Waals surface area contributed by atoms with E-state index in [9.17, 15) is 14.0 Å². The van der Waals surface area contributed by atoms with Crippen LogP contribution in [0.25, 0.3) is 0 Å². The number of ketones is 1. The first-order valence-corrected chi connectivity index (χ1v) is 10.4. The number of nitrogens with zero attached hydrogens (tertiary/aromatic N) is 1. The molecular weight excluding hydrogens is 385 g/mol. The van der Waals surface area contributed by atoms with Crippen molar-refractivity contribution in [1.82, 2.24) is 4.90 Å². The third-order valence-corrected chi connectivity index (χ3v) is 6.15. The first-order valence-electron chi connectivity index (χ1n) is 10.4. The van der Waals surface area contributed by atoms with Gasteiger partial charge in [-0.3, -0.25) is 4.79 Å². The van der Waals surface area contributed by atoms with Crippen LogP contribution in [0.3, 0.4) is 0 Å². The number of benzene rings is 2. The third-order valence-electron chi connectivity index (χ3n) is 6.15. The molecule has 2 fully saturated rings. The van der Waals surface area contributed by atoms with Gasteiger partial charge in [0, 0.05) is 29.6 Å². The minimum Gasteiger partial charge on any atom is -0.497 e. The molecular formula is C24H26FNO4. The molecule has 2 aliphatic rings. The molecule has 0 aromatic heterocycles. The number of hydrogen-bond acceptors (Lipinski definition) is 4. The molecule has 0 spiro atoms. The van der Waals surface area contributed by atoms with E-state index in [0.29, 0.717) is 24.2 Å². The molecule has 2 atom stereocenters. The fourth-order valence-electron chi connectivity index (χ4n) is 4.75. The topological polar surface area (TPSA) is 55.8 Å². The van der Waals surface area contributed by atoms with Gasteiger partial charge in [-0.25, -0.2) is 9.18 Å². The molecule has 2 saturated heterocycles.